The van der Waals surface area contributed by atoms with E-state index < -0.39 is 4.92 Å². The molecule has 0 saturated carbocycles. The fraction of sp³-hybridized carbons (Fsp3) is 0.385. The molecule has 0 spiro atoms. The summed E-state index contributed by atoms with van der Waals surface area (Å²) in [7, 11) is 0. The monoisotopic (exact) mass is 466 g/mol. The Kier molecular flexibility index (Phi) is 7.56. The summed E-state index contributed by atoms with van der Waals surface area (Å²) in [6.07, 6.45) is 0. The van der Waals surface area contributed by atoms with Gasteiger partial charge in [0.2, 0.25) is 0 Å². The zero-order chi connectivity index (χ0) is 26.0. The summed E-state index contributed by atoms with van der Waals surface area (Å²) in [6.45, 7) is 16.1. The molecular weight excluding hydrogens is 432 g/mol. The first kappa shape index (κ1) is 26.6. The van der Waals surface area contributed by atoms with Crippen LogP contribution in [-0.4, -0.2) is 14.4 Å². The summed E-state index contributed by atoms with van der Waals surface area (Å²) in [6, 6.07) is 14.4. The molecule has 0 aliphatic heterocycles. The number of nitrogens with zero attached hydrogens (tertiary/aromatic N) is 3. The SMILES string of the molecule is CC(C)(C)c1ccc(N)c([N+](=O)[O-])c1.Cc1ccc(C)n1-c1ccc(C(C)(C)C)cc1[N+](=O)[O-]. The first-order valence-electron chi connectivity index (χ1n) is 11.0. The van der Waals surface area contributed by atoms with Gasteiger partial charge in [-0.15, -0.1) is 0 Å². The molecule has 0 saturated heterocycles. The van der Waals surface area contributed by atoms with Gasteiger partial charge in [0.1, 0.15) is 11.4 Å². The number of anilines is 1. The van der Waals surface area contributed by atoms with Crippen molar-refractivity contribution in [3.05, 3.63) is 91.3 Å². The van der Waals surface area contributed by atoms with Gasteiger partial charge in [-0.05, 0) is 60.1 Å². The lowest BCUT2D eigenvalue weighted by Gasteiger charge is -2.20. The van der Waals surface area contributed by atoms with Gasteiger partial charge in [0.05, 0.1) is 9.85 Å². The van der Waals surface area contributed by atoms with Gasteiger partial charge in [-0.25, -0.2) is 0 Å². The van der Waals surface area contributed by atoms with Crippen LogP contribution in [0.15, 0.2) is 48.5 Å². The van der Waals surface area contributed by atoms with Gasteiger partial charge in [-0.2, -0.15) is 0 Å². The molecule has 0 aliphatic rings. The fourth-order valence-corrected chi connectivity index (χ4v) is 3.54. The molecule has 0 bridgehead atoms. The predicted molar refractivity (Wildman–Crippen MR) is 137 cm³/mol. The quantitative estimate of drug-likeness (QED) is 0.259. The molecule has 3 aromatic rings. The summed E-state index contributed by atoms with van der Waals surface area (Å²) >= 11 is 0. The first-order chi connectivity index (χ1) is 15.5. The number of nitrogen functional groups attached to an aromatic ring is 1. The molecule has 1 heterocycles. The largest absolute Gasteiger partial charge is 0.393 e. The van der Waals surface area contributed by atoms with Crippen LogP contribution in [0.3, 0.4) is 0 Å². The average Bonchev–Trinajstić information content (AvgIpc) is 3.04. The summed E-state index contributed by atoms with van der Waals surface area (Å²) < 4.78 is 1.92. The molecule has 2 aromatic carbocycles. The number of nitro benzene ring substituents is 2. The van der Waals surface area contributed by atoms with E-state index in [1.807, 2.05) is 69.5 Å². The van der Waals surface area contributed by atoms with Crippen molar-refractivity contribution in [3.63, 3.8) is 0 Å². The standard InChI is InChI=1S/C16H20N2O2.C10H14N2O2/c1-11-6-7-12(2)17(11)14-9-8-13(16(3,4)5)10-15(14)18(19)20;1-10(2,3)7-4-5-8(11)9(6-7)12(13)14/h6-10H,1-5H3;4-6H,11H2,1-3H3. The smallest absolute Gasteiger partial charge is 0.293 e. The number of benzene rings is 2. The molecule has 2 N–H and O–H groups in total. The maximum absolute atomic E-state index is 11.4. The minimum Gasteiger partial charge on any atom is -0.393 e. The number of rotatable bonds is 3. The summed E-state index contributed by atoms with van der Waals surface area (Å²) in [5.41, 5.74) is 10.1. The van der Waals surface area contributed by atoms with Gasteiger partial charge in [-0.3, -0.25) is 20.2 Å². The minimum absolute atomic E-state index is 0.0163. The summed E-state index contributed by atoms with van der Waals surface area (Å²) in [5, 5.41) is 22.0. The van der Waals surface area contributed by atoms with Crippen LogP contribution in [0, 0.1) is 34.1 Å². The lowest BCUT2D eigenvalue weighted by molar-refractivity contribution is -0.384. The Morgan fingerprint density at radius 2 is 1.12 bits per heavy atom. The van der Waals surface area contributed by atoms with E-state index in [1.165, 1.54) is 6.07 Å². The van der Waals surface area contributed by atoms with Gasteiger partial charge in [0, 0.05) is 23.5 Å². The van der Waals surface area contributed by atoms with Crippen molar-refractivity contribution in [2.24, 2.45) is 0 Å². The van der Waals surface area contributed by atoms with Crippen molar-refractivity contribution in [2.75, 3.05) is 5.73 Å². The normalized spacial score (nSPS) is 11.5. The Morgan fingerprint density at radius 1 is 0.706 bits per heavy atom. The van der Waals surface area contributed by atoms with Crippen LogP contribution >= 0.6 is 0 Å². The molecular formula is C26H34N4O4. The number of aryl methyl sites for hydroxylation is 2. The number of nitrogens with two attached hydrogens (primary N) is 1. The molecule has 8 heteroatoms. The van der Waals surface area contributed by atoms with Crippen LogP contribution in [0.25, 0.3) is 5.69 Å². The number of hydrogen-bond donors (Lipinski definition) is 1. The lowest BCUT2D eigenvalue weighted by atomic mass is 9.86. The third-order valence-electron chi connectivity index (χ3n) is 5.64. The Bertz CT molecular complexity index is 1200. The maximum Gasteiger partial charge on any atom is 0.293 e. The second kappa shape index (κ2) is 9.67. The Labute approximate surface area is 200 Å². The second-order valence-electron chi connectivity index (χ2n) is 10.4. The van der Waals surface area contributed by atoms with Crippen molar-refractivity contribution in [2.45, 2.75) is 66.2 Å². The fourth-order valence-electron chi connectivity index (χ4n) is 3.54. The molecule has 34 heavy (non-hydrogen) atoms. The van der Waals surface area contributed by atoms with E-state index in [0.29, 0.717) is 5.69 Å². The Balaban J connectivity index is 0.000000257. The molecule has 1 aromatic heterocycles. The highest BCUT2D eigenvalue weighted by molar-refractivity contribution is 5.60. The molecule has 0 fully saturated rings. The van der Waals surface area contributed by atoms with Gasteiger partial charge in [0.25, 0.3) is 11.4 Å². The predicted octanol–water partition coefficient (Wildman–Crippen LogP) is 6.77. The highest BCUT2D eigenvalue weighted by Crippen LogP contribution is 2.32. The van der Waals surface area contributed by atoms with Crippen LogP contribution < -0.4 is 5.73 Å². The Hall–Kier alpha value is -3.68. The van der Waals surface area contributed by atoms with Crippen LogP contribution in [0.1, 0.15) is 64.1 Å². The maximum atomic E-state index is 11.4. The summed E-state index contributed by atoms with van der Waals surface area (Å²) in [4.78, 5) is 21.3. The van der Waals surface area contributed by atoms with E-state index >= 15 is 0 Å². The second-order valence-corrected chi connectivity index (χ2v) is 10.4. The summed E-state index contributed by atoms with van der Waals surface area (Å²) in [5.74, 6) is 0. The molecule has 0 aliphatic carbocycles. The van der Waals surface area contributed by atoms with E-state index in [2.05, 4.69) is 20.8 Å². The lowest BCUT2D eigenvalue weighted by Crippen LogP contribution is -2.12. The van der Waals surface area contributed by atoms with Crippen LogP contribution in [-0.2, 0) is 10.8 Å². The van der Waals surface area contributed by atoms with E-state index in [0.717, 1.165) is 22.5 Å². The van der Waals surface area contributed by atoms with Gasteiger partial charge < -0.3 is 10.3 Å². The number of nitro groups is 2. The molecule has 0 atom stereocenters. The van der Waals surface area contributed by atoms with Gasteiger partial charge >= 0.3 is 0 Å². The topological polar surface area (TPSA) is 117 Å². The van der Waals surface area contributed by atoms with Crippen molar-refractivity contribution in [1.29, 1.82) is 0 Å². The first-order valence-corrected chi connectivity index (χ1v) is 11.0. The van der Waals surface area contributed by atoms with Gasteiger partial charge in [-0.1, -0.05) is 53.7 Å². The van der Waals surface area contributed by atoms with Crippen LogP contribution in [0.5, 0.6) is 0 Å². The average molecular weight is 467 g/mol. The van der Waals surface area contributed by atoms with Crippen LogP contribution in [0.2, 0.25) is 0 Å². The zero-order valence-electron chi connectivity index (χ0n) is 21.2. The minimum atomic E-state index is -0.454. The molecule has 182 valence electrons. The third kappa shape index (κ3) is 6.01. The number of aromatic nitrogens is 1. The molecule has 0 unspecified atom stereocenters. The van der Waals surface area contributed by atoms with Crippen molar-refractivity contribution >= 4 is 17.1 Å². The molecule has 8 nitrogen and oxygen atoms in total. The van der Waals surface area contributed by atoms with E-state index in [9.17, 15) is 20.2 Å². The van der Waals surface area contributed by atoms with Crippen molar-refractivity contribution in [1.82, 2.24) is 4.57 Å². The van der Waals surface area contributed by atoms with Crippen molar-refractivity contribution in [3.8, 4) is 5.69 Å². The van der Waals surface area contributed by atoms with E-state index in [4.69, 9.17) is 5.73 Å². The van der Waals surface area contributed by atoms with Crippen molar-refractivity contribution < 1.29 is 9.85 Å². The highest BCUT2D eigenvalue weighted by atomic mass is 16.6. The highest BCUT2D eigenvalue weighted by Gasteiger charge is 2.23. The molecule has 0 radical (unpaired) electrons. The zero-order valence-corrected chi connectivity index (χ0v) is 21.2. The number of hydrogen-bond acceptors (Lipinski definition) is 5. The molecule has 3 rings (SSSR count). The Morgan fingerprint density at radius 3 is 1.53 bits per heavy atom. The van der Waals surface area contributed by atoms with Gasteiger partial charge in [0.15, 0.2) is 0 Å². The molecule has 0 amide bonds. The van der Waals surface area contributed by atoms with Crippen LogP contribution in [0.4, 0.5) is 17.1 Å². The van der Waals surface area contributed by atoms with E-state index in [1.54, 1.807) is 12.1 Å². The van der Waals surface area contributed by atoms with E-state index in [-0.39, 0.29) is 32.8 Å². The third-order valence-corrected chi connectivity index (χ3v) is 5.64.